The first kappa shape index (κ1) is 18.9. The Labute approximate surface area is 165 Å². The number of anilines is 2. The van der Waals surface area contributed by atoms with Crippen molar-refractivity contribution in [3.8, 4) is 0 Å². The summed E-state index contributed by atoms with van der Waals surface area (Å²) in [7, 11) is 0. The molecule has 0 radical (unpaired) electrons. The normalized spacial score (nSPS) is 26.9. The number of hydrogen-bond donors (Lipinski definition) is 1. The first-order chi connectivity index (χ1) is 13.6. The van der Waals surface area contributed by atoms with Crippen LogP contribution in [0, 0.1) is 5.92 Å². The molecule has 1 aliphatic carbocycles. The third-order valence-corrected chi connectivity index (χ3v) is 6.34. The van der Waals surface area contributed by atoms with E-state index in [1.54, 1.807) is 4.90 Å². The fraction of sp³-hybridized carbons (Fsp3) is 0.571. The molecule has 3 amide bonds. The summed E-state index contributed by atoms with van der Waals surface area (Å²) in [5.41, 5.74) is 1.99. The van der Waals surface area contributed by atoms with Gasteiger partial charge in [-0.2, -0.15) is 0 Å². The number of urea groups is 1. The van der Waals surface area contributed by atoms with Crippen LogP contribution in [0.2, 0.25) is 0 Å². The number of benzene rings is 1. The van der Waals surface area contributed by atoms with Crippen LogP contribution in [-0.4, -0.2) is 61.9 Å². The molecular formula is C21H28N4O3. The highest BCUT2D eigenvalue weighted by atomic mass is 16.2. The Hall–Kier alpha value is -2.41. The van der Waals surface area contributed by atoms with Crippen molar-refractivity contribution in [1.29, 1.82) is 0 Å². The predicted molar refractivity (Wildman–Crippen MR) is 108 cm³/mol. The van der Waals surface area contributed by atoms with Crippen molar-refractivity contribution in [2.75, 3.05) is 42.5 Å². The van der Waals surface area contributed by atoms with Crippen molar-refractivity contribution >= 4 is 29.6 Å². The van der Waals surface area contributed by atoms with E-state index in [9.17, 15) is 14.4 Å². The highest BCUT2D eigenvalue weighted by Crippen LogP contribution is 2.28. The predicted octanol–water partition coefficient (Wildman–Crippen LogP) is 2.01. The number of carbonyl (C=O) groups excluding carboxylic acids is 3. The summed E-state index contributed by atoms with van der Waals surface area (Å²) in [6, 6.07) is 8.31. The summed E-state index contributed by atoms with van der Waals surface area (Å²) in [4.78, 5) is 40.8. The summed E-state index contributed by atoms with van der Waals surface area (Å²) in [5.74, 6) is 0.0616. The molecule has 2 heterocycles. The highest BCUT2D eigenvalue weighted by molar-refractivity contribution is 6.05. The van der Waals surface area contributed by atoms with Gasteiger partial charge in [0.05, 0.1) is 0 Å². The first-order valence-corrected chi connectivity index (χ1v) is 10.3. The van der Waals surface area contributed by atoms with E-state index in [-0.39, 0.29) is 17.9 Å². The Balaban J connectivity index is 1.31. The molecule has 0 bridgehead atoms. The lowest BCUT2D eigenvalue weighted by Crippen LogP contribution is -2.51. The van der Waals surface area contributed by atoms with Crippen LogP contribution in [0.1, 0.15) is 32.1 Å². The van der Waals surface area contributed by atoms with Gasteiger partial charge in [0.1, 0.15) is 6.29 Å². The molecule has 4 rings (SSSR count). The van der Waals surface area contributed by atoms with E-state index in [0.717, 1.165) is 63.8 Å². The van der Waals surface area contributed by atoms with Gasteiger partial charge in [0.25, 0.3) is 0 Å². The lowest BCUT2D eigenvalue weighted by atomic mass is 9.86. The Morgan fingerprint density at radius 3 is 2.11 bits per heavy atom. The molecule has 150 valence electrons. The van der Waals surface area contributed by atoms with Crippen LogP contribution in [-0.2, 0) is 9.59 Å². The monoisotopic (exact) mass is 384 g/mol. The van der Waals surface area contributed by atoms with Gasteiger partial charge in [-0.25, -0.2) is 4.79 Å². The molecule has 3 aliphatic rings. The number of hydrogen-bond acceptors (Lipinski definition) is 5. The maximum Gasteiger partial charge on any atom is 0.328 e. The lowest BCUT2D eigenvalue weighted by Gasteiger charge is -2.42. The summed E-state index contributed by atoms with van der Waals surface area (Å²) < 4.78 is 0. The molecule has 0 atom stereocenters. The van der Waals surface area contributed by atoms with Gasteiger partial charge in [0, 0.05) is 62.5 Å². The molecule has 1 saturated carbocycles. The summed E-state index contributed by atoms with van der Waals surface area (Å²) >= 11 is 0. The number of nitrogens with one attached hydrogen (secondary N) is 1. The first-order valence-electron chi connectivity index (χ1n) is 10.3. The average molecular weight is 384 g/mol. The lowest BCUT2D eigenvalue weighted by molar-refractivity contribution is -0.120. The van der Waals surface area contributed by atoms with Crippen LogP contribution in [0.5, 0.6) is 0 Å². The van der Waals surface area contributed by atoms with E-state index >= 15 is 0 Å². The molecule has 7 heteroatoms. The fourth-order valence-electron chi connectivity index (χ4n) is 4.60. The molecule has 1 N–H and O–H groups in total. The molecule has 2 aliphatic heterocycles. The molecule has 0 aromatic heterocycles. The Morgan fingerprint density at radius 1 is 0.857 bits per heavy atom. The van der Waals surface area contributed by atoms with Crippen molar-refractivity contribution < 1.29 is 14.4 Å². The molecule has 2 saturated heterocycles. The zero-order chi connectivity index (χ0) is 19.5. The van der Waals surface area contributed by atoms with Gasteiger partial charge < -0.3 is 9.69 Å². The van der Waals surface area contributed by atoms with Gasteiger partial charge >= 0.3 is 6.03 Å². The third kappa shape index (κ3) is 4.04. The maximum atomic E-state index is 12.0. The average Bonchev–Trinajstić information content (AvgIpc) is 2.74. The van der Waals surface area contributed by atoms with Crippen molar-refractivity contribution in [3.63, 3.8) is 0 Å². The molecule has 3 fully saturated rings. The van der Waals surface area contributed by atoms with Crippen LogP contribution in [0.25, 0.3) is 0 Å². The topological polar surface area (TPSA) is 73.0 Å². The number of carbonyl (C=O) groups is 3. The smallest absolute Gasteiger partial charge is 0.328 e. The minimum absolute atomic E-state index is 0.213. The van der Waals surface area contributed by atoms with Crippen LogP contribution < -0.4 is 15.1 Å². The van der Waals surface area contributed by atoms with E-state index in [1.807, 2.05) is 12.1 Å². The van der Waals surface area contributed by atoms with E-state index in [1.165, 1.54) is 5.69 Å². The number of amides is 3. The number of nitrogens with zero attached hydrogens (tertiary/aromatic N) is 3. The zero-order valence-corrected chi connectivity index (χ0v) is 16.2. The van der Waals surface area contributed by atoms with E-state index in [2.05, 4.69) is 27.2 Å². The highest BCUT2D eigenvalue weighted by Gasteiger charge is 2.28. The largest absolute Gasteiger partial charge is 0.369 e. The van der Waals surface area contributed by atoms with Gasteiger partial charge in [-0.3, -0.25) is 19.9 Å². The van der Waals surface area contributed by atoms with Crippen molar-refractivity contribution in [1.82, 2.24) is 10.2 Å². The molecule has 1 aromatic rings. The third-order valence-electron chi connectivity index (χ3n) is 6.34. The fourth-order valence-corrected chi connectivity index (χ4v) is 4.60. The molecule has 0 unspecified atom stereocenters. The second-order valence-corrected chi connectivity index (χ2v) is 8.00. The van der Waals surface area contributed by atoms with Crippen molar-refractivity contribution in [3.05, 3.63) is 24.3 Å². The van der Waals surface area contributed by atoms with Gasteiger partial charge in [-0.15, -0.1) is 0 Å². The molecule has 1 aromatic carbocycles. The number of aldehydes is 1. The van der Waals surface area contributed by atoms with Crippen molar-refractivity contribution in [2.45, 2.75) is 38.1 Å². The Kier molecular flexibility index (Phi) is 5.62. The van der Waals surface area contributed by atoms with Crippen LogP contribution >= 0.6 is 0 Å². The minimum atomic E-state index is -0.345. The van der Waals surface area contributed by atoms with Gasteiger partial charge in [-0.1, -0.05) is 0 Å². The molecule has 0 spiro atoms. The minimum Gasteiger partial charge on any atom is -0.369 e. The van der Waals surface area contributed by atoms with Crippen LogP contribution in [0.15, 0.2) is 24.3 Å². The number of rotatable bonds is 4. The van der Waals surface area contributed by atoms with E-state index in [4.69, 9.17) is 0 Å². The second kappa shape index (κ2) is 8.31. The molecule has 28 heavy (non-hydrogen) atoms. The van der Waals surface area contributed by atoms with Crippen LogP contribution in [0.3, 0.4) is 0 Å². The van der Waals surface area contributed by atoms with Crippen molar-refractivity contribution in [2.24, 2.45) is 5.92 Å². The Morgan fingerprint density at radius 2 is 1.50 bits per heavy atom. The molecule has 7 nitrogen and oxygen atoms in total. The summed E-state index contributed by atoms with van der Waals surface area (Å²) in [6.45, 7) is 4.51. The zero-order valence-electron chi connectivity index (χ0n) is 16.2. The van der Waals surface area contributed by atoms with Gasteiger partial charge in [0.2, 0.25) is 5.91 Å². The van der Waals surface area contributed by atoms with Gasteiger partial charge in [0.15, 0.2) is 0 Å². The number of piperazine rings is 1. The van der Waals surface area contributed by atoms with E-state index in [0.29, 0.717) is 19.0 Å². The summed E-state index contributed by atoms with van der Waals surface area (Å²) in [6.07, 6.45) is 5.81. The summed E-state index contributed by atoms with van der Waals surface area (Å²) in [5, 5.41) is 2.36. The molecular weight excluding hydrogens is 356 g/mol. The number of imide groups is 1. The van der Waals surface area contributed by atoms with Gasteiger partial charge in [-0.05, 0) is 49.9 Å². The van der Waals surface area contributed by atoms with E-state index < -0.39 is 0 Å². The quantitative estimate of drug-likeness (QED) is 0.804. The SMILES string of the molecule is O=CC1CCC(N2CCN(c3ccc(N4CCC(=O)NC4=O)cc3)CC2)CC1. The Bertz CT molecular complexity index is 720. The second-order valence-electron chi connectivity index (χ2n) is 8.00. The van der Waals surface area contributed by atoms with Crippen LogP contribution in [0.4, 0.5) is 16.2 Å². The standard InChI is InChI=1S/C21H28N4O3/c26-15-16-1-3-17(4-2-16)23-11-13-24(14-12-23)18-5-7-19(8-6-18)25-10-9-20(27)22-21(25)28/h5-8,15-17H,1-4,9-14H2,(H,22,27,28). The maximum absolute atomic E-state index is 12.0.